The number of hydrogen-bond donors (Lipinski definition) is 0. The van der Waals surface area contributed by atoms with Crippen molar-refractivity contribution in [2.45, 2.75) is 19.3 Å². The van der Waals surface area contributed by atoms with E-state index in [9.17, 15) is 4.79 Å². The molecule has 4 nitrogen and oxygen atoms in total. The van der Waals surface area contributed by atoms with Crippen LogP contribution in [0.1, 0.15) is 30.4 Å². The van der Waals surface area contributed by atoms with Crippen LogP contribution in [0.5, 0.6) is 11.5 Å². The van der Waals surface area contributed by atoms with E-state index in [4.69, 9.17) is 14.2 Å². The number of aldehydes is 1. The molecule has 0 N–H and O–H groups in total. The molecule has 2 rings (SSSR count). The largest absolute Gasteiger partial charge is 0.504 e. The summed E-state index contributed by atoms with van der Waals surface area (Å²) in [5.41, 5.74) is 3.01. The molecule has 4 heteroatoms. The molecule has 0 fully saturated rings. The Hall–Kier alpha value is -2.75. The Morgan fingerprint density at radius 1 is 1.08 bits per heavy atom. The number of ether oxygens (including phenoxy) is 3. The third kappa shape index (κ3) is 5.38. The van der Waals surface area contributed by atoms with Crippen LogP contribution in [0.3, 0.4) is 0 Å². The summed E-state index contributed by atoms with van der Waals surface area (Å²) in [5, 5.41) is 0. The van der Waals surface area contributed by atoms with Crippen molar-refractivity contribution in [1.29, 1.82) is 0 Å². The first-order chi connectivity index (χ1) is 12.2. The lowest BCUT2D eigenvalue weighted by atomic mass is 10.0. The Kier molecular flexibility index (Phi) is 7.08. The molecule has 0 spiro atoms. The fourth-order valence-corrected chi connectivity index (χ4v) is 2.48. The van der Waals surface area contributed by atoms with E-state index >= 15 is 0 Å². The van der Waals surface area contributed by atoms with E-state index in [1.165, 1.54) is 0 Å². The molecule has 0 radical (unpaired) electrons. The monoisotopic (exact) mass is 340 g/mol. The third-order valence-corrected chi connectivity index (χ3v) is 3.93. The average molecular weight is 340 g/mol. The zero-order valence-corrected chi connectivity index (χ0v) is 14.9. The summed E-state index contributed by atoms with van der Waals surface area (Å²) < 4.78 is 16.3. The van der Waals surface area contributed by atoms with Crippen LogP contribution < -0.4 is 9.47 Å². The summed E-state index contributed by atoms with van der Waals surface area (Å²) in [6.07, 6.45) is 3.35. The molecular weight excluding hydrogens is 316 g/mol. The molecule has 1 atom stereocenters. The number of carbonyl (C=O) groups excluding carboxylic acids is 1. The molecule has 0 aliphatic carbocycles. The molecule has 0 saturated heterocycles. The van der Waals surface area contributed by atoms with Crippen molar-refractivity contribution in [3.8, 4) is 11.5 Å². The van der Waals surface area contributed by atoms with Gasteiger partial charge in [0.05, 0.1) is 27.1 Å². The highest BCUT2D eigenvalue weighted by Crippen LogP contribution is 2.24. The number of carbonyl (C=O) groups is 1. The Bertz CT molecular complexity index is 721. The highest BCUT2D eigenvalue weighted by atomic mass is 16.5. The van der Waals surface area contributed by atoms with Gasteiger partial charge in [0, 0.05) is 12.3 Å². The highest BCUT2D eigenvalue weighted by Gasteiger charge is 2.07. The minimum absolute atomic E-state index is 0.135. The number of benzene rings is 2. The molecule has 0 bridgehead atoms. The molecule has 0 heterocycles. The van der Waals surface area contributed by atoms with Crippen molar-refractivity contribution in [3.05, 3.63) is 65.9 Å². The van der Waals surface area contributed by atoms with Gasteiger partial charge in [-0.25, -0.2) is 0 Å². The van der Waals surface area contributed by atoms with Crippen LogP contribution in [0.15, 0.2) is 54.8 Å². The van der Waals surface area contributed by atoms with Crippen LogP contribution in [-0.2, 0) is 9.53 Å². The summed E-state index contributed by atoms with van der Waals surface area (Å²) in [6, 6.07) is 15.5. The predicted molar refractivity (Wildman–Crippen MR) is 99.0 cm³/mol. The Morgan fingerprint density at radius 2 is 1.84 bits per heavy atom. The summed E-state index contributed by atoms with van der Waals surface area (Å²) in [6.45, 7) is 2.37. The molecule has 0 aliphatic rings. The van der Waals surface area contributed by atoms with Crippen LogP contribution >= 0.6 is 0 Å². The van der Waals surface area contributed by atoms with Crippen LogP contribution in [0, 0.1) is 0 Å². The maximum Gasteiger partial charge on any atom is 0.127 e. The van der Waals surface area contributed by atoms with Gasteiger partial charge >= 0.3 is 0 Å². The second-order valence-electron chi connectivity index (χ2n) is 5.71. The Labute approximate surface area is 149 Å². The van der Waals surface area contributed by atoms with Crippen LogP contribution in [0.2, 0.25) is 0 Å². The van der Waals surface area contributed by atoms with Gasteiger partial charge in [0.1, 0.15) is 17.8 Å². The number of methoxy groups -OCH3 is 2. The van der Waals surface area contributed by atoms with E-state index in [2.05, 4.69) is 0 Å². The fraction of sp³-hybridized carbons (Fsp3) is 0.286. The van der Waals surface area contributed by atoms with Gasteiger partial charge < -0.3 is 19.0 Å². The van der Waals surface area contributed by atoms with Crippen molar-refractivity contribution >= 4 is 11.9 Å². The van der Waals surface area contributed by atoms with Crippen molar-refractivity contribution in [3.63, 3.8) is 0 Å². The van der Waals surface area contributed by atoms with Gasteiger partial charge in [0.25, 0.3) is 0 Å². The first-order valence-electron chi connectivity index (χ1n) is 8.22. The third-order valence-electron chi connectivity index (χ3n) is 3.93. The van der Waals surface area contributed by atoms with Gasteiger partial charge in [0.2, 0.25) is 0 Å². The van der Waals surface area contributed by atoms with Gasteiger partial charge in [-0.2, -0.15) is 0 Å². The SMILES string of the molecule is CO/C=C(\CCOc1cccc(C(C)C=O)c1)c1cccc(OC)c1. The highest BCUT2D eigenvalue weighted by molar-refractivity contribution is 5.66. The van der Waals surface area contributed by atoms with Crippen LogP contribution in [0.4, 0.5) is 0 Å². The van der Waals surface area contributed by atoms with Crippen molar-refractivity contribution in [2.24, 2.45) is 0 Å². The van der Waals surface area contributed by atoms with Gasteiger partial charge in [-0.15, -0.1) is 0 Å². The van der Waals surface area contributed by atoms with E-state index in [-0.39, 0.29) is 5.92 Å². The molecule has 25 heavy (non-hydrogen) atoms. The van der Waals surface area contributed by atoms with E-state index in [0.29, 0.717) is 13.0 Å². The van der Waals surface area contributed by atoms with E-state index in [0.717, 1.165) is 34.5 Å². The van der Waals surface area contributed by atoms with Gasteiger partial charge in [-0.05, 0) is 41.0 Å². The number of hydrogen-bond acceptors (Lipinski definition) is 4. The Balaban J connectivity index is 2.02. The maximum atomic E-state index is 10.9. The van der Waals surface area contributed by atoms with Gasteiger partial charge in [-0.3, -0.25) is 0 Å². The summed E-state index contributed by atoms with van der Waals surface area (Å²) in [4.78, 5) is 10.9. The first kappa shape index (κ1) is 18.6. The molecule has 0 aliphatic heterocycles. The molecular formula is C21H24O4. The second kappa shape index (κ2) is 9.52. The van der Waals surface area contributed by atoms with Gasteiger partial charge in [-0.1, -0.05) is 31.2 Å². The van der Waals surface area contributed by atoms with Crippen LogP contribution in [0.25, 0.3) is 5.57 Å². The maximum absolute atomic E-state index is 10.9. The van der Waals surface area contributed by atoms with E-state index in [1.807, 2.05) is 55.5 Å². The standard InChI is InChI=1S/C21H24O4/c1-16(14-22)17-6-4-9-21(12-17)25-11-10-19(15-23-2)18-7-5-8-20(13-18)24-3/h4-9,12-16H,10-11H2,1-3H3/b19-15+. The van der Waals surface area contributed by atoms with Crippen molar-refractivity contribution in [1.82, 2.24) is 0 Å². The summed E-state index contributed by atoms with van der Waals surface area (Å²) in [7, 11) is 3.28. The lowest BCUT2D eigenvalue weighted by Gasteiger charge is -2.12. The summed E-state index contributed by atoms with van der Waals surface area (Å²) >= 11 is 0. The zero-order chi connectivity index (χ0) is 18.1. The normalized spacial score (nSPS) is 12.4. The van der Waals surface area contributed by atoms with Crippen molar-refractivity contribution in [2.75, 3.05) is 20.8 Å². The van der Waals surface area contributed by atoms with E-state index < -0.39 is 0 Å². The molecule has 2 aromatic rings. The smallest absolute Gasteiger partial charge is 0.127 e. The average Bonchev–Trinajstić information content (AvgIpc) is 2.67. The summed E-state index contributed by atoms with van der Waals surface area (Å²) in [5.74, 6) is 1.42. The molecule has 2 aromatic carbocycles. The quantitative estimate of drug-likeness (QED) is 0.499. The van der Waals surface area contributed by atoms with Gasteiger partial charge in [0.15, 0.2) is 0 Å². The minimum Gasteiger partial charge on any atom is -0.504 e. The second-order valence-corrected chi connectivity index (χ2v) is 5.71. The molecule has 0 saturated carbocycles. The fourth-order valence-electron chi connectivity index (χ4n) is 2.48. The Morgan fingerprint density at radius 3 is 2.56 bits per heavy atom. The minimum atomic E-state index is -0.135. The zero-order valence-electron chi connectivity index (χ0n) is 14.9. The van der Waals surface area contributed by atoms with E-state index in [1.54, 1.807) is 20.5 Å². The lowest BCUT2D eigenvalue weighted by molar-refractivity contribution is -0.108. The molecule has 1 unspecified atom stereocenters. The topological polar surface area (TPSA) is 44.8 Å². The molecule has 0 aromatic heterocycles. The molecule has 132 valence electrons. The predicted octanol–water partition coefficient (Wildman–Crippen LogP) is 4.45. The first-order valence-corrected chi connectivity index (χ1v) is 8.22. The lowest BCUT2D eigenvalue weighted by Crippen LogP contribution is -2.01. The number of rotatable bonds is 9. The van der Waals surface area contributed by atoms with Crippen LogP contribution in [-0.4, -0.2) is 27.1 Å². The van der Waals surface area contributed by atoms with Crippen molar-refractivity contribution < 1.29 is 19.0 Å². The molecule has 0 amide bonds.